The minimum atomic E-state index is -0.236. The minimum absolute atomic E-state index is 0. The van der Waals surface area contributed by atoms with E-state index in [2.05, 4.69) is 179 Å². The van der Waals surface area contributed by atoms with Gasteiger partial charge in [-0.05, 0) is 133 Å². The maximum atomic E-state index is 11.3. The molecule has 11 heteroatoms. The van der Waals surface area contributed by atoms with Gasteiger partial charge in [0.05, 0.1) is 39.7 Å². The molecule has 0 aliphatic carbocycles. The van der Waals surface area contributed by atoms with Crippen molar-refractivity contribution in [2.45, 2.75) is 157 Å². The molecule has 0 spiro atoms. The number of rotatable bonds is 8. The van der Waals surface area contributed by atoms with Gasteiger partial charge in [0.1, 0.15) is 22.6 Å². The van der Waals surface area contributed by atoms with Crippen LogP contribution in [0.3, 0.4) is 0 Å². The van der Waals surface area contributed by atoms with Gasteiger partial charge in [0.25, 0.3) is 0 Å². The van der Waals surface area contributed by atoms with Crippen molar-refractivity contribution in [1.82, 2.24) is 9.97 Å². The van der Waals surface area contributed by atoms with Crippen LogP contribution < -0.4 is 0 Å². The van der Waals surface area contributed by atoms with Crippen LogP contribution in [0.2, 0.25) is 0 Å². The first-order valence-electron chi connectivity index (χ1n) is 30.0. The number of aromatic hydroxyl groups is 2. The molecule has 0 aliphatic rings. The molecule has 0 amide bonds. The SMILES string of the molecule is CC(C)(C)c1cc(C=Nc2ccccc2-c2nc3c(-c4[c-]cc(C#N)cc4)cc(C(C)(C)C)cc3o2)c(O)c(C(C)(C)C)c1.CC(C)(C)c1cc(C=Nc2ccccc2-c2nc3c(-c4ccc(C#N)cc4)cc(C(C)(C)C)cc3o2)c(O)c(C(C)(C)C)c1.[Pt]. The van der Waals surface area contributed by atoms with Gasteiger partial charge in [0, 0.05) is 67.4 Å². The van der Waals surface area contributed by atoms with Crippen molar-refractivity contribution < 1.29 is 40.1 Å². The Morgan fingerprint density at radius 1 is 0.438 bits per heavy atom. The number of benzene rings is 8. The van der Waals surface area contributed by atoms with E-state index in [0.29, 0.717) is 56.6 Å². The van der Waals surface area contributed by atoms with Crippen molar-refractivity contribution in [2.24, 2.45) is 9.98 Å². The molecule has 89 heavy (non-hydrogen) atoms. The summed E-state index contributed by atoms with van der Waals surface area (Å²) in [5.41, 5.74) is 17.3. The van der Waals surface area contributed by atoms with Crippen LogP contribution in [0.25, 0.3) is 67.4 Å². The number of hydrogen-bond acceptors (Lipinski definition) is 10. The maximum Gasteiger partial charge on any atom is 0.229 e. The molecule has 10 nitrogen and oxygen atoms in total. The Balaban J connectivity index is 0.000000228. The number of nitriles is 2. The molecule has 2 aromatic heterocycles. The van der Waals surface area contributed by atoms with E-state index in [4.69, 9.17) is 28.8 Å². The van der Waals surface area contributed by atoms with Gasteiger partial charge in [-0.2, -0.15) is 5.26 Å². The second kappa shape index (κ2) is 25.1. The average Bonchev–Trinajstić information content (AvgIpc) is 2.09. The number of para-hydroxylation sites is 2. The van der Waals surface area contributed by atoms with Crippen molar-refractivity contribution in [2.75, 3.05) is 0 Å². The van der Waals surface area contributed by atoms with E-state index in [1.165, 1.54) is 0 Å². The Bertz CT molecular complexity index is 4130. The van der Waals surface area contributed by atoms with Crippen molar-refractivity contribution in [3.63, 3.8) is 0 Å². The molecule has 0 saturated heterocycles. The summed E-state index contributed by atoms with van der Waals surface area (Å²) in [5, 5.41) is 41.2. The summed E-state index contributed by atoms with van der Waals surface area (Å²) >= 11 is 0. The Kier molecular flexibility index (Phi) is 18.7. The smallest absolute Gasteiger partial charge is 0.229 e. The van der Waals surface area contributed by atoms with Crippen LogP contribution in [0, 0.1) is 28.7 Å². The third-order valence-corrected chi connectivity index (χ3v) is 15.9. The summed E-state index contributed by atoms with van der Waals surface area (Å²) in [4.78, 5) is 19.7. The van der Waals surface area contributed by atoms with Crippen LogP contribution in [0.1, 0.15) is 180 Å². The molecule has 0 fully saturated rings. The van der Waals surface area contributed by atoms with Crippen LogP contribution in [-0.2, 0) is 53.6 Å². The molecule has 10 aromatic rings. The Morgan fingerprint density at radius 2 is 0.820 bits per heavy atom. The molecule has 0 atom stereocenters. The summed E-state index contributed by atoms with van der Waals surface area (Å²) in [7, 11) is 0. The molecule has 2 N–H and O–H groups in total. The van der Waals surface area contributed by atoms with Gasteiger partial charge in [-0.1, -0.05) is 185 Å². The third-order valence-electron chi connectivity index (χ3n) is 15.9. The topological polar surface area (TPSA) is 165 Å². The average molecular weight is 1360 g/mol. The number of oxazole rings is 2. The zero-order valence-corrected chi connectivity index (χ0v) is 56.9. The van der Waals surface area contributed by atoms with E-state index in [1.807, 2.05) is 91.0 Å². The fourth-order valence-corrected chi connectivity index (χ4v) is 10.3. The third kappa shape index (κ3) is 14.7. The predicted octanol–water partition coefficient (Wildman–Crippen LogP) is 20.6. The second-order valence-electron chi connectivity index (χ2n) is 29.0. The molecule has 0 aliphatic heterocycles. The fourth-order valence-electron chi connectivity index (χ4n) is 10.3. The monoisotopic (exact) mass is 1360 g/mol. The molecule has 0 unspecified atom stereocenters. The summed E-state index contributed by atoms with van der Waals surface area (Å²) in [6.45, 7) is 38.7. The standard InChI is InChI=1S/C39H41N3O2.C39H40N3O2.Pt/c2*1-37(2,3)27-18-26(35(43)31(20-27)39(7,8)9)23-41-32-13-11-10-12-29(32)36-42-34-30(25-16-14-24(22-40)15-17-25)19-28(38(4,5)6)21-33(34)44-36;/h10-21,23,43H,1-9H3;10-16,18-21,23,43H,1-9H3;/q;-1;. The van der Waals surface area contributed by atoms with Gasteiger partial charge in [0.2, 0.25) is 11.8 Å². The Labute approximate surface area is 540 Å². The number of hydrogen-bond donors (Lipinski definition) is 2. The van der Waals surface area contributed by atoms with E-state index >= 15 is 0 Å². The largest absolute Gasteiger partial charge is 0.507 e. The van der Waals surface area contributed by atoms with Gasteiger partial charge in [0.15, 0.2) is 5.58 Å². The summed E-state index contributed by atoms with van der Waals surface area (Å²) < 4.78 is 12.9. The normalized spacial score (nSPS) is 12.5. The van der Waals surface area contributed by atoms with E-state index in [0.717, 1.165) is 77.8 Å². The van der Waals surface area contributed by atoms with Gasteiger partial charge in [-0.15, -0.1) is 29.8 Å². The van der Waals surface area contributed by atoms with Crippen molar-refractivity contribution in [1.29, 1.82) is 10.5 Å². The predicted molar refractivity (Wildman–Crippen MR) is 361 cm³/mol. The number of phenols is 2. The summed E-state index contributed by atoms with van der Waals surface area (Å²) in [5.74, 6) is 1.41. The first kappa shape index (κ1) is 66.3. The molecule has 10 rings (SSSR count). The van der Waals surface area contributed by atoms with E-state index in [9.17, 15) is 20.7 Å². The van der Waals surface area contributed by atoms with Crippen LogP contribution in [0.4, 0.5) is 11.4 Å². The van der Waals surface area contributed by atoms with Crippen molar-refractivity contribution in [3.8, 4) is 68.8 Å². The van der Waals surface area contributed by atoms with E-state index < -0.39 is 0 Å². The molecule has 8 aromatic carbocycles. The molecule has 0 bridgehead atoms. The quantitative estimate of drug-likeness (QED) is 0.112. The number of aliphatic imine (C=N–C) groups is 2. The summed E-state index contributed by atoms with van der Waals surface area (Å²) in [6.07, 6.45) is 3.47. The van der Waals surface area contributed by atoms with Gasteiger partial charge in [-0.25, -0.2) is 15.2 Å². The zero-order valence-electron chi connectivity index (χ0n) is 54.6. The van der Waals surface area contributed by atoms with Crippen LogP contribution in [0.5, 0.6) is 11.5 Å². The number of phenolic OH excluding ortho intramolecular Hbond substituents is 2. The first-order chi connectivity index (χ1) is 41.1. The van der Waals surface area contributed by atoms with Crippen molar-refractivity contribution in [3.05, 3.63) is 201 Å². The van der Waals surface area contributed by atoms with E-state index in [1.54, 1.807) is 24.6 Å². The van der Waals surface area contributed by atoms with Crippen molar-refractivity contribution >= 4 is 46.0 Å². The van der Waals surface area contributed by atoms with E-state index in [-0.39, 0.29) is 65.1 Å². The molecule has 0 radical (unpaired) electrons. The Hall–Kier alpha value is -8.69. The molecular weight excluding hydrogens is 1280 g/mol. The molecule has 0 saturated carbocycles. The molecule has 2 heterocycles. The van der Waals surface area contributed by atoms with Crippen LogP contribution in [-0.4, -0.2) is 32.6 Å². The minimum Gasteiger partial charge on any atom is -0.507 e. The first-order valence-corrected chi connectivity index (χ1v) is 30.0. The number of fused-ring (bicyclic) bond motifs is 2. The van der Waals surface area contributed by atoms with Crippen LogP contribution >= 0.6 is 0 Å². The van der Waals surface area contributed by atoms with Gasteiger partial charge >= 0.3 is 0 Å². The second-order valence-corrected chi connectivity index (χ2v) is 29.0. The summed E-state index contributed by atoms with van der Waals surface area (Å²) in [6, 6.07) is 52.7. The van der Waals surface area contributed by atoms with Gasteiger partial charge < -0.3 is 19.0 Å². The fraction of sp³-hybridized carbons (Fsp3) is 0.308. The number of nitrogens with zero attached hydrogens (tertiary/aromatic N) is 6. The molecule has 458 valence electrons. The van der Waals surface area contributed by atoms with Crippen LogP contribution in [0.15, 0.2) is 158 Å². The van der Waals surface area contributed by atoms with Gasteiger partial charge in [-0.3, -0.25) is 9.98 Å². The Morgan fingerprint density at radius 3 is 1.20 bits per heavy atom. The maximum absolute atomic E-state index is 11.3. The molecular formula is C78H81N6O4Pt-. The zero-order chi connectivity index (χ0) is 64.1. The number of aromatic nitrogens is 2.